The highest BCUT2D eigenvalue weighted by Gasteiger charge is 2.60. The number of aliphatic hydroxyl groups is 2. The van der Waals surface area contributed by atoms with Gasteiger partial charge in [-0.3, -0.25) is 0 Å². The minimum atomic E-state index is -0.813. The zero-order valence-electron chi connectivity index (χ0n) is 8.94. The second-order valence-electron chi connectivity index (χ2n) is 4.96. The van der Waals surface area contributed by atoms with Gasteiger partial charge in [0.05, 0.1) is 17.8 Å². The second-order valence-corrected chi connectivity index (χ2v) is 4.96. The molecule has 5 atom stereocenters. The molecule has 0 aromatic rings. The van der Waals surface area contributed by atoms with Gasteiger partial charge in [0.15, 0.2) is 0 Å². The number of epoxide rings is 1. The monoisotopic (exact) mass is 200 g/mol. The Hall–Kier alpha value is -0.120. The van der Waals surface area contributed by atoms with Gasteiger partial charge < -0.3 is 14.9 Å². The molecular formula is C11H20O3. The first-order valence-corrected chi connectivity index (χ1v) is 5.62. The van der Waals surface area contributed by atoms with E-state index in [9.17, 15) is 10.2 Å². The van der Waals surface area contributed by atoms with Gasteiger partial charge in [-0.25, -0.2) is 0 Å². The van der Waals surface area contributed by atoms with E-state index >= 15 is 0 Å². The highest BCUT2D eigenvalue weighted by Crippen LogP contribution is 2.47. The van der Waals surface area contributed by atoms with Crippen molar-refractivity contribution in [2.75, 3.05) is 0 Å². The number of ether oxygens (including phenoxy) is 1. The van der Waals surface area contributed by atoms with Gasteiger partial charge >= 0.3 is 0 Å². The number of fused-ring (bicyclic) bond motifs is 1. The Morgan fingerprint density at radius 1 is 1.50 bits per heavy atom. The molecule has 0 unspecified atom stereocenters. The lowest BCUT2D eigenvalue weighted by Crippen LogP contribution is -2.46. The van der Waals surface area contributed by atoms with Crippen LogP contribution in [0.1, 0.15) is 39.5 Å². The molecule has 2 N–H and O–H groups in total. The molecule has 0 bridgehead atoms. The van der Waals surface area contributed by atoms with E-state index < -0.39 is 5.60 Å². The SMILES string of the molecule is CCCC[C@@H]1[C@H]2O[C@H]2[C@](C)(O)C[C@@H]1O. The summed E-state index contributed by atoms with van der Waals surface area (Å²) >= 11 is 0. The molecule has 0 spiro atoms. The van der Waals surface area contributed by atoms with Gasteiger partial charge in [-0.05, 0) is 13.3 Å². The van der Waals surface area contributed by atoms with E-state index in [0.29, 0.717) is 6.42 Å². The van der Waals surface area contributed by atoms with Crippen LogP contribution in [0.4, 0.5) is 0 Å². The van der Waals surface area contributed by atoms with Gasteiger partial charge in [0.1, 0.15) is 6.10 Å². The maximum Gasteiger partial charge on any atom is 0.113 e. The van der Waals surface area contributed by atoms with Crippen LogP contribution < -0.4 is 0 Å². The van der Waals surface area contributed by atoms with E-state index in [1.807, 2.05) is 0 Å². The lowest BCUT2D eigenvalue weighted by Gasteiger charge is -2.33. The van der Waals surface area contributed by atoms with Crippen molar-refractivity contribution in [2.24, 2.45) is 5.92 Å². The Morgan fingerprint density at radius 2 is 2.21 bits per heavy atom. The first-order chi connectivity index (χ1) is 6.56. The third-order valence-electron chi connectivity index (χ3n) is 3.57. The van der Waals surface area contributed by atoms with E-state index in [2.05, 4.69) is 6.92 Å². The highest BCUT2D eigenvalue weighted by atomic mass is 16.6. The maximum absolute atomic E-state index is 9.91. The molecule has 2 aliphatic rings. The van der Waals surface area contributed by atoms with E-state index in [4.69, 9.17) is 4.74 Å². The number of unbranched alkanes of at least 4 members (excludes halogenated alkanes) is 1. The maximum atomic E-state index is 9.91. The summed E-state index contributed by atoms with van der Waals surface area (Å²) in [6.07, 6.45) is 3.47. The van der Waals surface area contributed by atoms with Crippen LogP contribution in [0, 0.1) is 5.92 Å². The zero-order valence-corrected chi connectivity index (χ0v) is 8.94. The Kier molecular flexibility index (Phi) is 2.58. The van der Waals surface area contributed by atoms with Gasteiger partial charge in [0.2, 0.25) is 0 Å². The van der Waals surface area contributed by atoms with Crippen molar-refractivity contribution < 1.29 is 14.9 Å². The molecule has 2 rings (SSSR count). The fourth-order valence-corrected chi connectivity index (χ4v) is 2.66. The van der Waals surface area contributed by atoms with Crippen molar-refractivity contribution in [2.45, 2.75) is 63.4 Å². The predicted molar refractivity (Wildman–Crippen MR) is 52.9 cm³/mol. The third-order valence-corrected chi connectivity index (χ3v) is 3.57. The Morgan fingerprint density at radius 3 is 2.86 bits per heavy atom. The lowest BCUT2D eigenvalue weighted by molar-refractivity contribution is -0.0443. The van der Waals surface area contributed by atoms with Crippen LogP contribution in [0.15, 0.2) is 0 Å². The summed E-state index contributed by atoms with van der Waals surface area (Å²) in [5, 5.41) is 19.8. The standard InChI is InChI=1S/C11H20O3/c1-3-4-5-7-8(12)6-11(2,13)10-9(7)14-10/h7-10,12-13H,3-6H2,1-2H3/t7-,8-,9+,10+,11+/m0/s1. The first-order valence-electron chi connectivity index (χ1n) is 5.62. The van der Waals surface area contributed by atoms with Crippen molar-refractivity contribution in [1.82, 2.24) is 0 Å². The molecule has 14 heavy (non-hydrogen) atoms. The van der Waals surface area contributed by atoms with E-state index in [-0.39, 0.29) is 24.2 Å². The summed E-state index contributed by atoms with van der Waals surface area (Å²) < 4.78 is 5.46. The molecule has 1 aliphatic heterocycles. The lowest BCUT2D eigenvalue weighted by atomic mass is 9.76. The van der Waals surface area contributed by atoms with Gasteiger partial charge in [-0.2, -0.15) is 0 Å². The average molecular weight is 200 g/mol. The van der Waals surface area contributed by atoms with E-state index in [0.717, 1.165) is 19.3 Å². The van der Waals surface area contributed by atoms with Crippen molar-refractivity contribution in [3.8, 4) is 0 Å². The minimum absolute atomic E-state index is 0.0206. The molecule has 1 aliphatic carbocycles. The van der Waals surface area contributed by atoms with Crippen molar-refractivity contribution >= 4 is 0 Å². The van der Waals surface area contributed by atoms with Gasteiger partial charge in [0.25, 0.3) is 0 Å². The van der Waals surface area contributed by atoms with E-state index in [1.54, 1.807) is 6.92 Å². The normalized spacial score (nSPS) is 51.4. The topological polar surface area (TPSA) is 53.0 Å². The van der Waals surface area contributed by atoms with Gasteiger partial charge in [-0.1, -0.05) is 19.8 Å². The molecule has 2 fully saturated rings. The van der Waals surface area contributed by atoms with Gasteiger partial charge in [-0.15, -0.1) is 0 Å². The minimum Gasteiger partial charge on any atom is -0.393 e. The van der Waals surface area contributed by atoms with Crippen LogP contribution >= 0.6 is 0 Å². The van der Waals surface area contributed by atoms with Crippen LogP contribution in [-0.4, -0.2) is 34.1 Å². The third kappa shape index (κ3) is 1.69. The first kappa shape index (κ1) is 10.4. The Balaban J connectivity index is 1.95. The molecule has 0 aromatic heterocycles. The Bertz CT molecular complexity index is 213. The predicted octanol–water partition coefficient (Wildman–Crippen LogP) is 1.08. The summed E-state index contributed by atoms with van der Waals surface area (Å²) in [5.74, 6) is 0.250. The van der Waals surface area contributed by atoms with Crippen molar-refractivity contribution in [1.29, 1.82) is 0 Å². The molecule has 0 amide bonds. The van der Waals surface area contributed by atoms with Crippen LogP contribution in [0.2, 0.25) is 0 Å². The highest BCUT2D eigenvalue weighted by molar-refractivity contribution is 5.09. The molecule has 0 radical (unpaired) electrons. The summed E-state index contributed by atoms with van der Waals surface area (Å²) in [6.45, 7) is 3.91. The van der Waals surface area contributed by atoms with Crippen molar-refractivity contribution in [3.05, 3.63) is 0 Å². The molecule has 0 aromatic carbocycles. The molecule has 3 heteroatoms. The second kappa shape index (κ2) is 3.47. The number of hydrogen-bond acceptors (Lipinski definition) is 3. The largest absolute Gasteiger partial charge is 0.393 e. The van der Waals surface area contributed by atoms with Crippen LogP contribution in [0.5, 0.6) is 0 Å². The van der Waals surface area contributed by atoms with Gasteiger partial charge in [0, 0.05) is 12.3 Å². The molecule has 3 nitrogen and oxygen atoms in total. The molecule has 1 heterocycles. The average Bonchev–Trinajstić information content (AvgIpc) is 2.83. The molecule has 1 saturated carbocycles. The zero-order chi connectivity index (χ0) is 10.3. The van der Waals surface area contributed by atoms with Crippen LogP contribution in [-0.2, 0) is 4.74 Å². The molecule has 1 saturated heterocycles. The number of rotatable bonds is 3. The fourth-order valence-electron chi connectivity index (χ4n) is 2.66. The fraction of sp³-hybridized carbons (Fsp3) is 1.00. The number of aliphatic hydroxyl groups excluding tert-OH is 1. The smallest absolute Gasteiger partial charge is 0.113 e. The molecule has 82 valence electrons. The van der Waals surface area contributed by atoms with Crippen LogP contribution in [0.3, 0.4) is 0 Å². The molecular weight excluding hydrogens is 180 g/mol. The van der Waals surface area contributed by atoms with Crippen LogP contribution in [0.25, 0.3) is 0 Å². The summed E-state index contributed by atoms with van der Waals surface area (Å²) in [4.78, 5) is 0. The number of hydrogen-bond donors (Lipinski definition) is 2. The summed E-state index contributed by atoms with van der Waals surface area (Å²) in [5.41, 5.74) is -0.813. The quantitative estimate of drug-likeness (QED) is 0.670. The Labute approximate surface area is 85.1 Å². The summed E-state index contributed by atoms with van der Waals surface area (Å²) in [6, 6.07) is 0. The van der Waals surface area contributed by atoms with E-state index in [1.165, 1.54) is 0 Å². The summed E-state index contributed by atoms with van der Waals surface area (Å²) in [7, 11) is 0. The van der Waals surface area contributed by atoms with Crippen molar-refractivity contribution in [3.63, 3.8) is 0 Å².